The molecule has 0 bridgehead atoms. The molecule has 0 saturated carbocycles. The number of carboxylic acid groups (broad SMARTS) is 1. The van der Waals surface area contributed by atoms with E-state index in [1.165, 1.54) is 18.2 Å². The number of sulfonamides is 1. The Morgan fingerprint density at radius 1 is 1.40 bits per heavy atom. The lowest BCUT2D eigenvalue weighted by atomic mass is 9.94. The Balaban J connectivity index is 2.40. The molecule has 1 aromatic heterocycles. The van der Waals surface area contributed by atoms with E-state index in [0.717, 1.165) is 0 Å². The van der Waals surface area contributed by atoms with Crippen LogP contribution in [-0.4, -0.2) is 52.6 Å². The van der Waals surface area contributed by atoms with E-state index in [0.29, 0.717) is 12.1 Å². The second-order valence-corrected chi connectivity index (χ2v) is 7.11. The molecule has 0 radical (unpaired) electrons. The number of hydrogen-bond acceptors (Lipinski definition) is 4. The molecule has 0 atom stereocenters. The molecule has 1 aromatic rings. The number of nitrogens with zero attached hydrogens (tertiary/aromatic N) is 1. The minimum Gasteiger partial charge on any atom is -0.477 e. The van der Waals surface area contributed by atoms with Gasteiger partial charge in [0.05, 0.1) is 5.60 Å². The van der Waals surface area contributed by atoms with Crippen molar-refractivity contribution in [2.75, 3.05) is 13.1 Å². The van der Waals surface area contributed by atoms with Gasteiger partial charge in [0.2, 0.25) is 10.0 Å². The number of aromatic carboxylic acids is 1. The van der Waals surface area contributed by atoms with Crippen molar-refractivity contribution < 1.29 is 23.4 Å². The van der Waals surface area contributed by atoms with Gasteiger partial charge in [0.15, 0.2) is 0 Å². The second kappa shape index (κ2) is 4.57. The van der Waals surface area contributed by atoms with Crippen molar-refractivity contribution >= 4 is 16.0 Å². The number of aryl methyl sites for hydroxylation is 1. The Kier molecular flexibility index (Phi) is 3.43. The zero-order chi connectivity index (χ0) is 15.3. The van der Waals surface area contributed by atoms with Gasteiger partial charge in [0.25, 0.3) is 0 Å². The summed E-state index contributed by atoms with van der Waals surface area (Å²) in [6.07, 6.45) is 0.477. The topological polar surface area (TPSA) is 111 Å². The third-order valence-corrected chi connectivity index (χ3v) is 5.85. The lowest BCUT2D eigenvalue weighted by molar-refractivity contribution is -0.0613. The van der Waals surface area contributed by atoms with E-state index in [1.807, 2.05) is 0 Å². The molecule has 0 unspecified atom stereocenters. The van der Waals surface area contributed by atoms with E-state index in [9.17, 15) is 18.3 Å². The molecule has 7 nitrogen and oxygen atoms in total. The maximum Gasteiger partial charge on any atom is 0.352 e. The van der Waals surface area contributed by atoms with E-state index in [2.05, 4.69) is 4.98 Å². The van der Waals surface area contributed by atoms with Crippen LogP contribution in [0.15, 0.2) is 4.90 Å². The molecule has 3 N–H and O–H groups in total. The van der Waals surface area contributed by atoms with E-state index in [4.69, 9.17) is 5.11 Å². The highest BCUT2D eigenvalue weighted by molar-refractivity contribution is 7.89. The Bertz CT molecular complexity index is 656. The van der Waals surface area contributed by atoms with Gasteiger partial charge in [-0.1, -0.05) is 6.92 Å². The maximum absolute atomic E-state index is 12.5. The summed E-state index contributed by atoms with van der Waals surface area (Å²) >= 11 is 0. The third-order valence-electron chi connectivity index (χ3n) is 3.78. The second-order valence-electron chi connectivity index (χ2n) is 5.24. The fourth-order valence-corrected chi connectivity index (χ4v) is 4.47. The van der Waals surface area contributed by atoms with Crippen LogP contribution < -0.4 is 0 Å². The van der Waals surface area contributed by atoms with E-state index in [-0.39, 0.29) is 29.2 Å². The predicted molar refractivity (Wildman–Crippen MR) is 71.2 cm³/mol. The molecule has 1 aliphatic rings. The van der Waals surface area contributed by atoms with Gasteiger partial charge >= 0.3 is 5.97 Å². The minimum absolute atomic E-state index is 0.00643. The highest BCUT2D eigenvalue weighted by Crippen LogP contribution is 2.33. The Morgan fingerprint density at radius 2 is 1.95 bits per heavy atom. The quantitative estimate of drug-likeness (QED) is 0.749. The van der Waals surface area contributed by atoms with Crippen LogP contribution >= 0.6 is 0 Å². The first kappa shape index (κ1) is 15.0. The monoisotopic (exact) mass is 302 g/mol. The molecule has 1 fully saturated rings. The third kappa shape index (κ3) is 2.13. The molecule has 2 rings (SSSR count). The van der Waals surface area contributed by atoms with E-state index >= 15 is 0 Å². The van der Waals surface area contributed by atoms with Crippen molar-refractivity contribution in [2.24, 2.45) is 0 Å². The summed E-state index contributed by atoms with van der Waals surface area (Å²) in [5.74, 6) is -1.19. The SMILES string of the molecule is CCC1(O)CN(S(=O)(=O)c2c(C)[nH]c(C(=O)O)c2C)C1. The van der Waals surface area contributed by atoms with Crippen molar-refractivity contribution in [3.05, 3.63) is 17.0 Å². The molecule has 112 valence electrons. The van der Waals surface area contributed by atoms with Gasteiger partial charge < -0.3 is 15.2 Å². The molecule has 0 amide bonds. The standard InChI is InChI=1S/C12H18N2O5S/c1-4-12(17)5-14(6-12)20(18,19)10-7(2)9(11(15)16)13-8(10)3/h13,17H,4-6H2,1-3H3,(H,15,16). The molecule has 8 heteroatoms. The summed E-state index contributed by atoms with van der Waals surface area (Å²) in [6.45, 7) is 4.86. The zero-order valence-electron chi connectivity index (χ0n) is 11.6. The summed E-state index contributed by atoms with van der Waals surface area (Å²) in [5.41, 5.74) is -0.595. The van der Waals surface area contributed by atoms with Crippen molar-refractivity contribution in [1.29, 1.82) is 0 Å². The summed E-state index contributed by atoms with van der Waals surface area (Å²) in [4.78, 5) is 13.6. The lowest BCUT2D eigenvalue weighted by Crippen LogP contribution is -2.62. The maximum atomic E-state index is 12.5. The van der Waals surface area contributed by atoms with Crippen LogP contribution in [0, 0.1) is 13.8 Å². The molecule has 1 saturated heterocycles. The zero-order valence-corrected chi connectivity index (χ0v) is 12.4. The molecule has 20 heavy (non-hydrogen) atoms. The summed E-state index contributed by atoms with van der Waals surface area (Å²) in [5, 5.41) is 18.9. The molecule has 0 spiro atoms. The van der Waals surface area contributed by atoms with Crippen LogP contribution in [0.2, 0.25) is 0 Å². The number of hydrogen-bond donors (Lipinski definition) is 3. The molecular formula is C12H18N2O5S. The number of carboxylic acids is 1. The first-order valence-corrected chi connectivity index (χ1v) is 7.71. The van der Waals surface area contributed by atoms with Crippen LogP contribution in [0.3, 0.4) is 0 Å². The molecule has 0 aromatic carbocycles. The van der Waals surface area contributed by atoms with Crippen molar-refractivity contribution in [3.8, 4) is 0 Å². The first-order valence-electron chi connectivity index (χ1n) is 6.27. The normalized spacial score (nSPS) is 18.8. The number of H-pyrrole nitrogens is 1. The van der Waals surface area contributed by atoms with Gasteiger partial charge in [-0.3, -0.25) is 0 Å². The van der Waals surface area contributed by atoms with E-state index in [1.54, 1.807) is 6.92 Å². The number of rotatable bonds is 4. The van der Waals surface area contributed by atoms with Gasteiger partial charge in [-0.2, -0.15) is 4.31 Å². The molecule has 2 heterocycles. The van der Waals surface area contributed by atoms with Crippen molar-refractivity contribution in [2.45, 2.75) is 37.7 Å². The Labute approximate surface area is 117 Å². The smallest absolute Gasteiger partial charge is 0.352 e. The Morgan fingerprint density at radius 3 is 2.35 bits per heavy atom. The van der Waals surface area contributed by atoms with Crippen LogP contribution in [0.25, 0.3) is 0 Å². The van der Waals surface area contributed by atoms with Gasteiger partial charge in [0, 0.05) is 24.3 Å². The highest BCUT2D eigenvalue weighted by atomic mass is 32.2. The lowest BCUT2D eigenvalue weighted by Gasteiger charge is -2.44. The predicted octanol–water partition coefficient (Wildman–Crippen LogP) is 0.475. The van der Waals surface area contributed by atoms with E-state index < -0.39 is 21.6 Å². The van der Waals surface area contributed by atoms with Crippen LogP contribution in [-0.2, 0) is 10.0 Å². The average Bonchev–Trinajstić information content (AvgIpc) is 2.61. The number of β-amino-alcohol motifs (C(OH)–C–C–N with tert-alkyl or cyclic N) is 1. The van der Waals surface area contributed by atoms with Crippen molar-refractivity contribution in [1.82, 2.24) is 9.29 Å². The summed E-state index contributed by atoms with van der Waals surface area (Å²) < 4.78 is 26.2. The van der Waals surface area contributed by atoms with Gasteiger partial charge in [0.1, 0.15) is 10.6 Å². The van der Waals surface area contributed by atoms with Crippen LogP contribution in [0.1, 0.15) is 35.1 Å². The molecule has 1 aliphatic heterocycles. The van der Waals surface area contributed by atoms with Crippen LogP contribution in [0.4, 0.5) is 0 Å². The number of nitrogens with one attached hydrogen (secondary N) is 1. The average molecular weight is 302 g/mol. The highest BCUT2D eigenvalue weighted by Gasteiger charge is 2.47. The first-order chi connectivity index (χ1) is 9.12. The Hall–Kier alpha value is -1.38. The molecular weight excluding hydrogens is 284 g/mol. The van der Waals surface area contributed by atoms with Gasteiger partial charge in [-0.15, -0.1) is 0 Å². The summed E-state index contributed by atoms with van der Waals surface area (Å²) in [6, 6.07) is 0. The number of aromatic amines is 1. The fourth-order valence-electron chi connectivity index (χ4n) is 2.47. The number of aliphatic hydroxyl groups is 1. The molecule has 0 aliphatic carbocycles. The number of aromatic nitrogens is 1. The summed E-state index contributed by atoms with van der Waals surface area (Å²) in [7, 11) is -3.78. The van der Waals surface area contributed by atoms with Gasteiger partial charge in [-0.05, 0) is 20.3 Å². The van der Waals surface area contributed by atoms with Crippen LogP contribution in [0.5, 0.6) is 0 Å². The number of carbonyl (C=O) groups is 1. The van der Waals surface area contributed by atoms with Crippen molar-refractivity contribution in [3.63, 3.8) is 0 Å². The van der Waals surface area contributed by atoms with Gasteiger partial charge in [-0.25, -0.2) is 13.2 Å². The minimum atomic E-state index is -3.78. The largest absolute Gasteiger partial charge is 0.477 e. The fraction of sp³-hybridized carbons (Fsp3) is 0.583.